The standard InChI is InChI=1S/C22H34ClN3O/c1-2-26-13-3-4-21(26)16-24-22(27)10-7-18-11-14-25(15-12-18)17-19-5-8-20(23)9-6-19/h5-6,8-9,18,21H,2-4,7,10-17H2,1H3,(H,24,27)/t21-/m0/s1. The molecule has 0 bridgehead atoms. The summed E-state index contributed by atoms with van der Waals surface area (Å²) < 4.78 is 0. The molecular weight excluding hydrogens is 358 g/mol. The van der Waals surface area contributed by atoms with Crippen molar-refractivity contribution in [2.45, 2.75) is 58.0 Å². The summed E-state index contributed by atoms with van der Waals surface area (Å²) in [7, 11) is 0. The number of likely N-dealkylation sites (tertiary alicyclic amines) is 2. The summed E-state index contributed by atoms with van der Waals surface area (Å²) in [6.45, 7) is 8.57. The fourth-order valence-electron chi connectivity index (χ4n) is 4.48. The normalized spacial score (nSPS) is 22.2. The van der Waals surface area contributed by atoms with Gasteiger partial charge in [-0.15, -0.1) is 0 Å². The van der Waals surface area contributed by atoms with Crippen molar-refractivity contribution in [3.63, 3.8) is 0 Å². The summed E-state index contributed by atoms with van der Waals surface area (Å²) in [4.78, 5) is 17.2. The zero-order chi connectivity index (χ0) is 19.1. The van der Waals surface area contributed by atoms with E-state index in [1.807, 2.05) is 12.1 Å². The lowest BCUT2D eigenvalue weighted by molar-refractivity contribution is -0.121. The van der Waals surface area contributed by atoms with Gasteiger partial charge in [0.25, 0.3) is 0 Å². The smallest absolute Gasteiger partial charge is 0.220 e. The fraction of sp³-hybridized carbons (Fsp3) is 0.682. The predicted octanol–water partition coefficient (Wildman–Crippen LogP) is 3.93. The first-order chi connectivity index (χ1) is 13.1. The number of hydrogen-bond acceptors (Lipinski definition) is 3. The molecule has 0 unspecified atom stereocenters. The molecule has 2 fully saturated rings. The number of amides is 1. The minimum atomic E-state index is 0.238. The number of carbonyl (C=O) groups excluding carboxylic acids is 1. The molecule has 1 atom stereocenters. The van der Waals surface area contributed by atoms with E-state index < -0.39 is 0 Å². The van der Waals surface area contributed by atoms with Crippen LogP contribution in [-0.4, -0.2) is 54.5 Å². The highest BCUT2D eigenvalue weighted by molar-refractivity contribution is 6.30. The zero-order valence-corrected chi connectivity index (χ0v) is 17.4. The van der Waals surface area contributed by atoms with Crippen LogP contribution in [0.4, 0.5) is 0 Å². The van der Waals surface area contributed by atoms with Crippen LogP contribution in [0.15, 0.2) is 24.3 Å². The van der Waals surface area contributed by atoms with Crippen LogP contribution < -0.4 is 5.32 Å². The van der Waals surface area contributed by atoms with E-state index in [2.05, 4.69) is 34.2 Å². The maximum atomic E-state index is 12.2. The molecule has 1 aromatic carbocycles. The molecule has 0 aliphatic carbocycles. The first-order valence-electron chi connectivity index (χ1n) is 10.6. The highest BCUT2D eigenvalue weighted by Gasteiger charge is 2.24. The number of carbonyl (C=O) groups is 1. The largest absolute Gasteiger partial charge is 0.355 e. The monoisotopic (exact) mass is 391 g/mol. The SMILES string of the molecule is CCN1CCC[C@H]1CNC(=O)CCC1CCN(Cc2ccc(Cl)cc2)CC1. The second-order valence-electron chi connectivity index (χ2n) is 8.11. The molecule has 1 amide bonds. The molecule has 2 heterocycles. The third kappa shape index (κ3) is 6.48. The zero-order valence-electron chi connectivity index (χ0n) is 16.6. The Morgan fingerprint density at radius 2 is 1.89 bits per heavy atom. The quantitative estimate of drug-likeness (QED) is 0.729. The molecule has 4 nitrogen and oxygen atoms in total. The van der Waals surface area contributed by atoms with Gasteiger partial charge in [-0.1, -0.05) is 30.7 Å². The van der Waals surface area contributed by atoms with Crippen molar-refractivity contribution < 1.29 is 4.79 Å². The van der Waals surface area contributed by atoms with Crippen LogP contribution in [0.5, 0.6) is 0 Å². The summed E-state index contributed by atoms with van der Waals surface area (Å²) in [5.41, 5.74) is 1.32. The van der Waals surface area contributed by atoms with Gasteiger partial charge in [0.05, 0.1) is 0 Å². The molecule has 5 heteroatoms. The van der Waals surface area contributed by atoms with Crippen LogP contribution in [0.25, 0.3) is 0 Å². The predicted molar refractivity (Wildman–Crippen MR) is 112 cm³/mol. The summed E-state index contributed by atoms with van der Waals surface area (Å²) in [6, 6.07) is 8.71. The van der Waals surface area contributed by atoms with Gasteiger partial charge in [-0.25, -0.2) is 0 Å². The Balaban J connectivity index is 1.30. The number of rotatable bonds is 8. The van der Waals surface area contributed by atoms with Gasteiger partial charge in [0, 0.05) is 30.6 Å². The molecule has 2 aliphatic rings. The Hall–Kier alpha value is -1.10. The van der Waals surface area contributed by atoms with Gasteiger partial charge in [0.1, 0.15) is 0 Å². The van der Waals surface area contributed by atoms with Gasteiger partial charge in [-0.2, -0.15) is 0 Å². The highest BCUT2D eigenvalue weighted by Crippen LogP contribution is 2.23. The van der Waals surface area contributed by atoms with Crippen molar-refractivity contribution >= 4 is 17.5 Å². The molecule has 1 aromatic rings. The first kappa shape index (κ1) is 20.6. The lowest BCUT2D eigenvalue weighted by atomic mass is 9.92. The molecule has 0 spiro atoms. The minimum absolute atomic E-state index is 0.238. The number of piperidine rings is 1. The Morgan fingerprint density at radius 1 is 1.15 bits per heavy atom. The van der Waals surface area contributed by atoms with Crippen LogP contribution >= 0.6 is 11.6 Å². The molecule has 2 saturated heterocycles. The Kier molecular flexibility index (Phi) is 7.98. The maximum absolute atomic E-state index is 12.2. The van der Waals surface area contributed by atoms with Gasteiger partial charge in [-0.05, 0) is 81.9 Å². The molecule has 27 heavy (non-hydrogen) atoms. The van der Waals surface area contributed by atoms with Crippen molar-refractivity contribution in [3.05, 3.63) is 34.9 Å². The van der Waals surface area contributed by atoms with Gasteiger partial charge in [-0.3, -0.25) is 14.6 Å². The average molecular weight is 392 g/mol. The van der Waals surface area contributed by atoms with Crippen LogP contribution in [0.3, 0.4) is 0 Å². The van der Waals surface area contributed by atoms with Crippen LogP contribution in [0.2, 0.25) is 5.02 Å². The van der Waals surface area contributed by atoms with Gasteiger partial charge in [0.15, 0.2) is 0 Å². The number of benzene rings is 1. The fourth-order valence-corrected chi connectivity index (χ4v) is 4.61. The number of nitrogens with zero attached hydrogens (tertiary/aromatic N) is 2. The van der Waals surface area contributed by atoms with Gasteiger partial charge < -0.3 is 5.32 Å². The molecular formula is C22H34ClN3O. The van der Waals surface area contributed by atoms with E-state index in [1.54, 1.807) is 0 Å². The number of nitrogens with one attached hydrogen (secondary N) is 1. The van der Waals surface area contributed by atoms with Crippen molar-refractivity contribution in [3.8, 4) is 0 Å². The van der Waals surface area contributed by atoms with Crippen molar-refractivity contribution in [2.75, 3.05) is 32.7 Å². The molecule has 3 rings (SSSR count). The molecule has 2 aliphatic heterocycles. The van der Waals surface area contributed by atoms with E-state index in [9.17, 15) is 4.79 Å². The summed E-state index contributed by atoms with van der Waals surface area (Å²) in [6.07, 6.45) is 6.60. The summed E-state index contributed by atoms with van der Waals surface area (Å²) >= 11 is 5.96. The summed E-state index contributed by atoms with van der Waals surface area (Å²) in [5, 5.41) is 3.97. The molecule has 0 radical (unpaired) electrons. The van der Waals surface area contributed by atoms with E-state index in [1.165, 1.54) is 37.8 Å². The Bertz CT molecular complexity index is 584. The van der Waals surface area contributed by atoms with Crippen LogP contribution in [0, 0.1) is 5.92 Å². The highest BCUT2D eigenvalue weighted by atomic mass is 35.5. The summed E-state index contributed by atoms with van der Waals surface area (Å²) in [5.74, 6) is 0.928. The third-order valence-corrected chi connectivity index (χ3v) is 6.50. The van der Waals surface area contributed by atoms with E-state index in [4.69, 9.17) is 11.6 Å². The number of likely N-dealkylation sites (N-methyl/N-ethyl adjacent to an activating group) is 1. The number of hydrogen-bond donors (Lipinski definition) is 1. The van der Waals surface area contributed by atoms with Gasteiger partial charge in [0.2, 0.25) is 5.91 Å². The first-order valence-corrected chi connectivity index (χ1v) is 11.0. The van der Waals surface area contributed by atoms with E-state index in [-0.39, 0.29) is 5.91 Å². The molecule has 0 aromatic heterocycles. The lowest BCUT2D eigenvalue weighted by Crippen LogP contribution is -2.40. The second-order valence-corrected chi connectivity index (χ2v) is 8.55. The van der Waals surface area contributed by atoms with E-state index in [0.29, 0.717) is 18.4 Å². The Labute approximate surface area is 169 Å². The molecule has 150 valence electrons. The molecule has 0 saturated carbocycles. The van der Waals surface area contributed by atoms with E-state index >= 15 is 0 Å². The topological polar surface area (TPSA) is 35.6 Å². The molecule has 1 N–H and O–H groups in total. The van der Waals surface area contributed by atoms with Crippen molar-refractivity contribution in [1.29, 1.82) is 0 Å². The van der Waals surface area contributed by atoms with E-state index in [0.717, 1.165) is 44.2 Å². The van der Waals surface area contributed by atoms with Crippen molar-refractivity contribution in [1.82, 2.24) is 15.1 Å². The van der Waals surface area contributed by atoms with Crippen LogP contribution in [-0.2, 0) is 11.3 Å². The number of halogens is 1. The average Bonchev–Trinajstić information content (AvgIpc) is 3.15. The Morgan fingerprint density at radius 3 is 2.59 bits per heavy atom. The van der Waals surface area contributed by atoms with Crippen molar-refractivity contribution in [2.24, 2.45) is 5.92 Å². The van der Waals surface area contributed by atoms with Gasteiger partial charge >= 0.3 is 0 Å². The third-order valence-electron chi connectivity index (χ3n) is 6.25. The minimum Gasteiger partial charge on any atom is -0.355 e. The second kappa shape index (κ2) is 10.4. The maximum Gasteiger partial charge on any atom is 0.220 e. The van der Waals surface area contributed by atoms with Crippen LogP contribution in [0.1, 0.15) is 51.0 Å². The lowest BCUT2D eigenvalue weighted by Gasteiger charge is -2.32.